The highest BCUT2D eigenvalue weighted by Crippen LogP contribution is 2.18. The molecule has 0 saturated heterocycles. The number of hydrogen-bond acceptors (Lipinski definition) is 2. The minimum atomic E-state index is -0.478. The molecule has 0 unspecified atom stereocenters. The van der Waals surface area contributed by atoms with Crippen molar-refractivity contribution in [3.8, 4) is 0 Å². The van der Waals surface area contributed by atoms with Crippen molar-refractivity contribution >= 4 is 17.6 Å². The summed E-state index contributed by atoms with van der Waals surface area (Å²) in [5, 5.41) is 5.48. The van der Waals surface area contributed by atoms with E-state index >= 15 is 0 Å². The van der Waals surface area contributed by atoms with Crippen LogP contribution in [0.15, 0.2) is 24.3 Å². The Morgan fingerprint density at radius 1 is 1.19 bits per heavy atom. The highest BCUT2D eigenvalue weighted by atomic mass is 16.2. The van der Waals surface area contributed by atoms with Crippen LogP contribution < -0.4 is 16.4 Å². The second kappa shape index (κ2) is 4.22. The number of rotatable bonds is 3. The molecule has 0 bridgehead atoms. The van der Waals surface area contributed by atoms with E-state index in [2.05, 4.69) is 10.6 Å². The van der Waals surface area contributed by atoms with E-state index in [0.29, 0.717) is 17.3 Å². The molecule has 1 aliphatic carbocycles. The minimum absolute atomic E-state index is 0.214. The molecule has 1 saturated carbocycles. The molecule has 1 aromatic rings. The van der Waals surface area contributed by atoms with Gasteiger partial charge in [0.1, 0.15) is 0 Å². The van der Waals surface area contributed by atoms with E-state index in [1.165, 1.54) is 0 Å². The third-order valence-corrected chi connectivity index (χ3v) is 2.34. The van der Waals surface area contributed by atoms with E-state index < -0.39 is 5.91 Å². The number of benzene rings is 1. The van der Waals surface area contributed by atoms with E-state index in [-0.39, 0.29) is 6.03 Å². The average Bonchev–Trinajstić information content (AvgIpc) is 3.02. The van der Waals surface area contributed by atoms with E-state index in [1.807, 2.05) is 0 Å². The van der Waals surface area contributed by atoms with E-state index in [4.69, 9.17) is 5.73 Å². The Balaban J connectivity index is 1.93. The molecule has 0 aliphatic heterocycles. The highest BCUT2D eigenvalue weighted by molar-refractivity contribution is 5.94. The molecule has 5 nitrogen and oxygen atoms in total. The number of carbonyl (C=O) groups excluding carboxylic acids is 2. The third kappa shape index (κ3) is 2.73. The molecule has 0 radical (unpaired) electrons. The predicted octanol–water partition coefficient (Wildman–Crippen LogP) is 1.07. The molecule has 1 aromatic carbocycles. The summed E-state index contributed by atoms with van der Waals surface area (Å²) in [7, 11) is 0. The molecular formula is C11H13N3O2. The fourth-order valence-corrected chi connectivity index (χ4v) is 1.30. The highest BCUT2D eigenvalue weighted by Gasteiger charge is 2.23. The Morgan fingerprint density at radius 2 is 1.81 bits per heavy atom. The lowest BCUT2D eigenvalue weighted by Crippen LogP contribution is -2.30. The van der Waals surface area contributed by atoms with Gasteiger partial charge in [-0.05, 0) is 37.1 Å². The van der Waals surface area contributed by atoms with Crippen molar-refractivity contribution in [2.45, 2.75) is 18.9 Å². The zero-order valence-corrected chi connectivity index (χ0v) is 8.69. The van der Waals surface area contributed by atoms with Gasteiger partial charge in [-0.1, -0.05) is 0 Å². The number of anilines is 1. The maximum atomic E-state index is 11.4. The molecule has 16 heavy (non-hydrogen) atoms. The van der Waals surface area contributed by atoms with Gasteiger partial charge in [0.25, 0.3) is 0 Å². The first-order valence-corrected chi connectivity index (χ1v) is 5.12. The number of amides is 3. The number of carbonyl (C=O) groups is 2. The average molecular weight is 219 g/mol. The van der Waals surface area contributed by atoms with Crippen LogP contribution in [0.3, 0.4) is 0 Å². The van der Waals surface area contributed by atoms with Crippen LogP contribution in [0.1, 0.15) is 23.2 Å². The molecule has 1 fully saturated rings. The number of urea groups is 1. The van der Waals surface area contributed by atoms with Gasteiger partial charge in [0, 0.05) is 17.3 Å². The maximum Gasteiger partial charge on any atom is 0.319 e. The zero-order valence-electron chi connectivity index (χ0n) is 8.69. The molecule has 84 valence electrons. The first-order chi connectivity index (χ1) is 7.65. The van der Waals surface area contributed by atoms with Crippen LogP contribution in [0.4, 0.5) is 10.5 Å². The minimum Gasteiger partial charge on any atom is -0.366 e. The third-order valence-electron chi connectivity index (χ3n) is 2.34. The molecular weight excluding hydrogens is 206 g/mol. The van der Waals surface area contributed by atoms with Gasteiger partial charge in [0.15, 0.2) is 0 Å². The number of primary amides is 1. The predicted molar refractivity (Wildman–Crippen MR) is 60.1 cm³/mol. The second-order valence-corrected chi connectivity index (χ2v) is 3.81. The van der Waals surface area contributed by atoms with Gasteiger partial charge in [0.05, 0.1) is 0 Å². The van der Waals surface area contributed by atoms with Crippen LogP contribution in [0.5, 0.6) is 0 Å². The Morgan fingerprint density at radius 3 is 2.31 bits per heavy atom. The summed E-state index contributed by atoms with van der Waals surface area (Å²) in [5.41, 5.74) is 6.17. The Bertz CT molecular complexity index is 410. The summed E-state index contributed by atoms with van der Waals surface area (Å²) in [6, 6.07) is 6.56. The molecule has 3 amide bonds. The first kappa shape index (κ1) is 10.5. The lowest BCUT2D eigenvalue weighted by molar-refractivity contribution is 0.100. The number of nitrogens with two attached hydrogens (primary N) is 1. The van der Waals surface area contributed by atoms with E-state index in [9.17, 15) is 9.59 Å². The van der Waals surface area contributed by atoms with Crippen molar-refractivity contribution in [2.24, 2.45) is 5.73 Å². The van der Waals surface area contributed by atoms with Gasteiger partial charge in [-0.15, -0.1) is 0 Å². The summed E-state index contributed by atoms with van der Waals surface area (Å²) < 4.78 is 0. The van der Waals surface area contributed by atoms with Crippen LogP contribution >= 0.6 is 0 Å². The van der Waals surface area contributed by atoms with Crippen molar-refractivity contribution in [1.82, 2.24) is 5.32 Å². The first-order valence-electron chi connectivity index (χ1n) is 5.12. The smallest absolute Gasteiger partial charge is 0.319 e. The molecule has 0 heterocycles. The normalized spacial score (nSPS) is 14.2. The van der Waals surface area contributed by atoms with Crippen LogP contribution in [0, 0.1) is 0 Å². The SMILES string of the molecule is NC(=O)c1ccc(NC(=O)NC2CC2)cc1. The monoisotopic (exact) mass is 219 g/mol. The lowest BCUT2D eigenvalue weighted by atomic mass is 10.2. The van der Waals surface area contributed by atoms with Crippen molar-refractivity contribution in [1.29, 1.82) is 0 Å². The van der Waals surface area contributed by atoms with Crippen LogP contribution in [0.25, 0.3) is 0 Å². The second-order valence-electron chi connectivity index (χ2n) is 3.81. The standard InChI is InChI=1S/C11H13N3O2/c12-10(15)7-1-3-8(4-2-7)13-11(16)14-9-5-6-9/h1-4,9H,5-6H2,(H2,12,15)(H2,13,14,16). The molecule has 0 atom stereocenters. The largest absolute Gasteiger partial charge is 0.366 e. The van der Waals surface area contributed by atoms with Gasteiger partial charge in [-0.3, -0.25) is 4.79 Å². The van der Waals surface area contributed by atoms with Crippen LogP contribution in [-0.4, -0.2) is 18.0 Å². The zero-order chi connectivity index (χ0) is 11.5. The Hall–Kier alpha value is -2.04. The van der Waals surface area contributed by atoms with Crippen molar-refractivity contribution in [2.75, 3.05) is 5.32 Å². The topological polar surface area (TPSA) is 84.2 Å². The molecule has 1 aliphatic rings. The van der Waals surface area contributed by atoms with Crippen molar-refractivity contribution in [3.05, 3.63) is 29.8 Å². The molecule has 0 aromatic heterocycles. The van der Waals surface area contributed by atoms with Crippen molar-refractivity contribution < 1.29 is 9.59 Å². The maximum absolute atomic E-state index is 11.4. The summed E-state index contributed by atoms with van der Waals surface area (Å²) in [6.45, 7) is 0. The fourth-order valence-electron chi connectivity index (χ4n) is 1.30. The van der Waals surface area contributed by atoms with Crippen molar-refractivity contribution in [3.63, 3.8) is 0 Å². The molecule has 5 heteroatoms. The quantitative estimate of drug-likeness (QED) is 0.710. The van der Waals surface area contributed by atoms with Crippen LogP contribution in [0.2, 0.25) is 0 Å². The number of nitrogens with one attached hydrogen (secondary N) is 2. The summed E-state index contributed by atoms with van der Waals surface area (Å²) in [6.07, 6.45) is 2.10. The molecule has 4 N–H and O–H groups in total. The molecule has 0 spiro atoms. The van der Waals surface area contributed by atoms with Gasteiger partial charge in [0.2, 0.25) is 5.91 Å². The fraction of sp³-hybridized carbons (Fsp3) is 0.273. The van der Waals surface area contributed by atoms with Gasteiger partial charge < -0.3 is 16.4 Å². The van der Waals surface area contributed by atoms with Gasteiger partial charge in [-0.2, -0.15) is 0 Å². The lowest BCUT2D eigenvalue weighted by Gasteiger charge is -2.06. The molecule has 2 rings (SSSR count). The Kier molecular flexibility index (Phi) is 2.76. The van der Waals surface area contributed by atoms with Gasteiger partial charge in [-0.25, -0.2) is 4.79 Å². The van der Waals surface area contributed by atoms with Crippen LogP contribution in [-0.2, 0) is 0 Å². The van der Waals surface area contributed by atoms with E-state index in [1.54, 1.807) is 24.3 Å². The number of hydrogen-bond donors (Lipinski definition) is 3. The Labute approximate surface area is 93.0 Å². The van der Waals surface area contributed by atoms with Gasteiger partial charge >= 0.3 is 6.03 Å². The summed E-state index contributed by atoms with van der Waals surface area (Å²) >= 11 is 0. The summed E-state index contributed by atoms with van der Waals surface area (Å²) in [4.78, 5) is 22.2. The van der Waals surface area contributed by atoms with E-state index in [0.717, 1.165) is 12.8 Å². The summed E-state index contributed by atoms with van der Waals surface area (Å²) in [5.74, 6) is -0.478.